The lowest BCUT2D eigenvalue weighted by atomic mass is 10.5. The maximum atomic E-state index is 12.1. The van der Waals surface area contributed by atoms with E-state index in [9.17, 15) is 14.4 Å². The van der Waals surface area contributed by atoms with Crippen molar-refractivity contribution in [2.45, 2.75) is 19.6 Å². The maximum absolute atomic E-state index is 12.1. The zero-order valence-corrected chi connectivity index (χ0v) is 11.2. The van der Waals surface area contributed by atoms with Crippen molar-refractivity contribution >= 4 is 0 Å². The van der Waals surface area contributed by atoms with Crippen molar-refractivity contribution in [2.75, 3.05) is 6.61 Å². The summed E-state index contributed by atoms with van der Waals surface area (Å²) in [5.74, 6) is 0. The Morgan fingerprint density at radius 2 is 1.30 bits per heavy atom. The van der Waals surface area contributed by atoms with Crippen LogP contribution in [-0.4, -0.2) is 20.3 Å². The van der Waals surface area contributed by atoms with Crippen molar-refractivity contribution < 1.29 is 4.74 Å². The third-order valence-corrected chi connectivity index (χ3v) is 2.56. The van der Waals surface area contributed by atoms with Crippen molar-refractivity contribution in [3.8, 4) is 0 Å². The SMILES string of the molecule is C=CCn1c(=O)n(CC=C)c(=O)n(CCOC=C)c1=O. The maximum Gasteiger partial charge on any atom is 0.336 e. The Morgan fingerprint density at radius 3 is 1.70 bits per heavy atom. The first kappa shape index (κ1) is 15.5. The number of ether oxygens (including phenoxy) is 1. The number of hydrogen-bond donors (Lipinski definition) is 0. The fourth-order valence-corrected chi connectivity index (χ4v) is 1.67. The van der Waals surface area contributed by atoms with Gasteiger partial charge in [0.1, 0.15) is 6.61 Å². The molecule has 108 valence electrons. The summed E-state index contributed by atoms with van der Waals surface area (Å²) in [6, 6.07) is 0. The molecule has 0 saturated heterocycles. The summed E-state index contributed by atoms with van der Waals surface area (Å²) in [4.78, 5) is 36.3. The largest absolute Gasteiger partial charge is 0.500 e. The van der Waals surface area contributed by atoms with E-state index in [1.165, 1.54) is 18.4 Å². The van der Waals surface area contributed by atoms with Gasteiger partial charge in [-0.25, -0.2) is 28.1 Å². The molecule has 1 rings (SSSR count). The summed E-state index contributed by atoms with van der Waals surface area (Å²) < 4.78 is 7.72. The molecule has 7 heteroatoms. The third-order valence-electron chi connectivity index (χ3n) is 2.56. The van der Waals surface area contributed by atoms with Crippen LogP contribution in [0.3, 0.4) is 0 Å². The highest BCUT2D eigenvalue weighted by Crippen LogP contribution is 1.81. The van der Waals surface area contributed by atoms with Gasteiger partial charge in [-0.3, -0.25) is 0 Å². The van der Waals surface area contributed by atoms with E-state index in [1.807, 2.05) is 0 Å². The molecule has 0 aliphatic carbocycles. The van der Waals surface area contributed by atoms with E-state index < -0.39 is 17.1 Å². The molecule has 0 atom stereocenters. The lowest BCUT2D eigenvalue weighted by molar-refractivity contribution is 0.229. The molecule has 1 heterocycles. The Labute approximate surface area is 115 Å². The van der Waals surface area contributed by atoms with E-state index in [1.54, 1.807) is 0 Å². The van der Waals surface area contributed by atoms with Gasteiger partial charge in [0, 0.05) is 0 Å². The van der Waals surface area contributed by atoms with E-state index in [0.717, 1.165) is 13.7 Å². The van der Waals surface area contributed by atoms with E-state index in [2.05, 4.69) is 19.7 Å². The normalized spacial score (nSPS) is 10.0. The van der Waals surface area contributed by atoms with Crippen molar-refractivity contribution in [3.05, 3.63) is 69.6 Å². The summed E-state index contributed by atoms with van der Waals surface area (Å²) in [5.41, 5.74) is -2.05. The molecule has 0 N–H and O–H groups in total. The first-order chi connectivity index (χ1) is 9.58. The average Bonchev–Trinajstić information content (AvgIpc) is 2.43. The molecule has 7 nitrogen and oxygen atoms in total. The number of allylic oxidation sites excluding steroid dienone is 2. The van der Waals surface area contributed by atoms with Gasteiger partial charge < -0.3 is 4.74 Å². The molecule has 1 aromatic heterocycles. The van der Waals surface area contributed by atoms with Crippen molar-refractivity contribution in [1.82, 2.24) is 13.7 Å². The average molecular weight is 279 g/mol. The lowest BCUT2D eigenvalue weighted by Crippen LogP contribution is -2.54. The van der Waals surface area contributed by atoms with Crippen LogP contribution < -0.4 is 17.1 Å². The molecular weight excluding hydrogens is 262 g/mol. The molecule has 0 saturated carbocycles. The molecule has 0 aliphatic rings. The van der Waals surface area contributed by atoms with Gasteiger partial charge in [-0.1, -0.05) is 18.7 Å². The first-order valence-corrected chi connectivity index (χ1v) is 5.97. The fraction of sp³-hybridized carbons (Fsp3) is 0.308. The van der Waals surface area contributed by atoms with Crippen LogP contribution in [0.2, 0.25) is 0 Å². The zero-order valence-electron chi connectivity index (χ0n) is 11.2. The Morgan fingerprint density at radius 1 is 0.850 bits per heavy atom. The number of aromatic nitrogens is 3. The quantitative estimate of drug-likeness (QED) is 0.372. The molecular formula is C13H17N3O4. The van der Waals surface area contributed by atoms with Crippen LogP contribution in [0.5, 0.6) is 0 Å². The van der Waals surface area contributed by atoms with E-state index in [-0.39, 0.29) is 26.2 Å². The van der Waals surface area contributed by atoms with Crippen LogP contribution in [0, 0.1) is 0 Å². The molecule has 0 aliphatic heterocycles. The van der Waals surface area contributed by atoms with Gasteiger partial charge in [0.25, 0.3) is 0 Å². The second-order valence-corrected chi connectivity index (χ2v) is 3.84. The molecule has 20 heavy (non-hydrogen) atoms. The van der Waals surface area contributed by atoms with Gasteiger partial charge in [0.15, 0.2) is 0 Å². The number of rotatable bonds is 8. The van der Waals surface area contributed by atoms with Crippen LogP contribution in [0.4, 0.5) is 0 Å². The molecule has 0 bridgehead atoms. The molecule has 0 amide bonds. The van der Waals surface area contributed by atoms with Gasteiger partial charge in [-0.15, -0.1) is 13.2 Å². The molecule has 0 fully saturated rings. The lowest BCUT2D eigenvalue weighted by Gasteiger charge is -2.11. The number of hydrogen-bond acceptors (Lipinski definition) is 4. The standard InChI is InChI=1S/C13H17N3O4/c1-4-7-14-11(17)15(8-5-2)13(19)16(12(14)18)9-10-20-6-3/h4-6H,1-3,7-10H2. The van der Waals surface area contributed by atoms with Crippen LogP contribution in [-0.2, 0) is 24.4 Å². The van der Waals surface area contributed by atoms with Crippen LogP contribution >= 0.6 is 0 Å². The highest BCUT2D eigenvalue weighted by Gasteiger charge is 2.13. The Balaban J connectivity index is 3.48. The van der Waals surface area contributed by atoms with Gasteiger partial charge >= 0.3 is 17.1 Å². The minimum Gasteiger partial charge on any atom is -0.500 e. The first-order valence-electron chi connectivity index (χ1n) is 5.97. The van der Waals surface area contributed by atoms with Crippen molar-refractivity contribution in [1.29, 1.82) is 0 Å². The molecule has 0 spiro atoms. The highest BCUT2D eigenvalue weighted by molar-refractivity contribution is 4.84. The molecule has 0 aromatic carbocycles. The summed E-state index contributed by atoms with van der Waals surface area (Å²) >= 11 is 0. The van der Waals surface area contributed by atoms with Crippen LogP contribution in [0.15, 0.2) is 52.5 Å². The van der Waals surface area contributed by atoms with E-state index >= 15 is 0 Å². The fourth-order valence-electron chi connectivity index (χ4n) is 1.67. The van der Waals surface area contributed by atoms with Crippen LogP contribution in [0.25, 0.3) is 0 Å². The Bertz CT molecular complexity index is 630. The van der Waals surface area contributed by atoms with Gasteiger partial charge in [0.2, 0.25) is 0 Å². The van der Waals surface area contributed by atoms with E-state index in [0.29, 0.717) is 0 Å². The predicted octanol–water partition coefficient (Wildman–Crippen LogP) is -0.296. The minimum absolute atomic E-state index is 0.0252. The van der Waals surface area contributed by atoms with Gasteiger partial charge in [0.05, 0.1) is 25.9 Å². The van der Waals surface area contributed by atoms with E-state index in [4.69, 9.17) is 4.74 Å². The summed E-state index contributed by atoms with van der Waals surface area (Å²) in [6.07, 6.45) is 4.04. The van der Waals surface area contributed by atoms with Crippen molar-refractivity contribution in [3.63, 3.8) is 0 Å². The minimum atomic E-state index is -0.687. The highest BCUT2D eigenvalue weighted by atomic mass is 16.5. The summed E-state index contributed by atoms with van der Waals surface area (Å²) in [6.45, 7) is 10.5. The molecule has 0 radical (unpaired) electrons. The van der Waals surface area contributed by atoms with Crippen molar-refractivity contribution in [2.24, 2.45) is 0 Å². The Hall–Kier alpha value is -2.57. The summed E-state index contributed by atoms with van der Waals surface area (Å²) in [7, 11) is 0. The smallest absolute Gasteiger partial charge is 0.336 e. The monoisotopic (exact) mass is 279 g/mol. The second-order valence-electron chi connectivity index (χ2n) is 3.84. The van der Waals surface area contributed by atoms with Gasteiger partial charge in [-0.2, -0.15) is 0 Å². The van der Waals surface area contributed by atoms with Gasteiger partial charge in [-0.05, 0) is 0 Å². The molecule has 0 unspecified atom stereocenters. The second kappa shape index (κ2) is 7.13. The topological polar surface area (TPSA) is 75.2 Å². The summed E-state index contributed by atoms with van der Waals surface area (Å²) in [5, 5.41) is 0. The number of nitrogens with zero attached hydrogens (tertiary/aromatic N) is 3. The zero-order chi connectivity index (χ0) is 15.1. The third kappa shape index (κ3) is 3.05. The Kier molecular flexibility index (Phi) is 5.52. The molecule has 1 aromatic rings. The van der Waals surface area contributed by atoms with Crippen LogP contribution in [0.1, 0.15) is 0 Å². The predicted molar refractivity (Wildman–Crippen MR) is 75.8 cm³/mol.